The summed E-state index contributed by atoms with van der Waals surface area (Å²) < 4.78 is 108. The van der Waals surface area contributed by atoms with Crippen LogP contribution < -0.4 is 0 Å². The first-order chi connectivity index (χ1) is 23.5. The minimum atomic E-state index is -5.13. The predicted molar refractivity (Wildman–Crippen MR) is 169 cm³/mol. The summed E-state index contributed by atoms with van der Waals surface area (Å²) in [6.07, 6.45) is -8.37. The van der Waals surface area contributed by atoms with Crippen LogP contribution in [0.25, 0.3) is 0 Å². The lowest BCUT2D eigenvalue weighted by atomic mass is 9.72. The van der Waals surface area contributed by atoms with Crippen molar-refractivity contribution in [2.24, 2.45) is 0 Å². The highest BCUT2D eigenvalue weighted by Crippen LogP contribution is 2.48. The Morgan fingerprint density at radius 2 is 1.62 bits per heavy atom. The number of fused-ring (bicyclic) bond motifs is 2. The van der Waals surface area contributed by atoms with Gasteiger partial charge in [0, 0.05) is 17.5 Å². The zero-order chi connectivity index (χ0) is 36.1. The molecule has 2 heterocycles. The summed E-state index contributed by atoms with van der Waals surface area (Å²) in [7, 11) is 0. The van der Waals surface area contributed by atoms with Crippen LogP contribution in [0.2, 0.25) is 0 Å². The zero-order valence-electron chi connectivity index (χ0n) is 26.4. The Labute approximate surface area is 291 Å². The second-order valence-corrected chi connectivity index (χ2v) is 13.9. The van der Waals surface area contributed by atoms with Crippen LogP contribution in [-0.2, 0) is 44.1 Å². The van der Waals surface area contributed by atoms with E-state index in [1.165, 1.54) is 18.2 Å². The van der Waals surface area contributed by atoms with Crippen LogP contribution in [0.3, 0.4) is 0 Å². The molecule has 0 aromatic heterocycles. The summed E-state index contributed by atoms with van der Waals surface area (Å²) in [5.41, 5.74) is -2.91. The monoisotopic (exact) mass is 772 g/mol. The number of carboxylic acid groups (broad SMARTS) is 1. The SMILES string of the molecule is O=C(O)CO[C@H]1Cc2ccccc2C12CCN(CC[C@]1(c3ccc(F)c(Br)c3)CN(C(=O)c3cc(C(F)(F)F)cc(C(F)(F)F)c3)CO1)CC2. The van der Waals surface area contributed by atoms with E-state index in [-0.39, 0.29) is 35.0 Å². The van der Waals surface area contributed by atoms with Gasteiger partial charge in [0.25, 0.3) is 5.91 Å². The number of carbonyl (C=O) groups is 2. The van der Waals surface area contributed by atoms with Crippen molar-refractivity contribution in [2.45, 2.75) is 55.2 Å². The van der Waals surface area contributed by atoms with Crippen molar-refractivity contribution in [3.8, 4) is 0 Å². The zero-order valence-corrected chi connectivity index (χ0v) is 28.0. The van der Waals surface area contributed by atoms with Gasteiger partial charge in [-0.25, -0.2) is 9.18 Å². The number of piperidine rings is 1. The number of halogens is 8. The maximum atomic E-state index is 14.3. The molecule has 2 saturated heterocycles. The molecular weight excluding hydrogens is 741 g/mol. The number of hydrogen-bond donors (Lipinski definition) is 1. The van der Waals surface area contributed by atoms with E-state index in [1.807, 2.05) is 18.2 Å². The second kappa shape index (κ2) is 13.5. The summed E-state index contributed by atoms with van der Waals surface area (Å²) in [6, 6.07) is 12.9. The largest absolute Gasteiger partial charge is 0.480 e. The van der Waals surface area contributed by atoms with Crippen LogP contribution in [0.4, 0.5) is 30.7 Å². The van der Waals surface area contributed by atoms with Gasteiger partial charge in [-0.05, 0) is 102 Å². The van der Waals surface area contributed by atoms with E-state index in [2.05, 4.69) is 26.9 Å². The minimum absolute atomic E-state index is 0.0367. The molecule has 1 aliphatic carbocycles. The lowest BCUT2D eigenvalue weighted by molar-refractivity contribution is -0.146. The Kier molecular flexibility index (Phi) is 9.83. The van der Waals surface area contributed by atoms with Gasteiger partial charge in [0.1, 0.15) is 24.8 Å². The molecule has 0 unspecified atom stereocenters. The van der Waals surface area contributed by atoms with Crippen LogP contribution in [0.5, 0.6) is 0 Å². The molecule has 50 heavy (non-hydrogen) atoms. The van der Waals surface area contributed by atoms with Gasteiger partial charge < -0.3 is 24.4 Å². The fourth-order valence-electron chi connectivity index (χ4n) is 7.49. The molecule has 0 radical (unpaired) electrons. The van der Waals surface area contributed by atoms with E-state index >= 15 is 0 Å². The molecule has 2 atom stereocenters. The highest BCUT2D eigenvalue weighted by atomic mass is 79.9. The fourth-order valence-corrected chi connectivity index (χ4v) is 7.87. The van der Waals surface area contributed by atoms with Gasteiger partial charge in [0.2, 0.25) is 0 Å². The lowest BCUT2D eigenvalue weighted by Gasteiger charge is -2.44. The Morgan fingerprint density at radius 1 is 0.960 bits per heavy atom. The Balaban J connectivity index is 1.22. The quantitative estimate of drug-likeness (QED) is 0.241. The van der Waals surface area contributed by atoms with Gasteiger partial charge in [-0.2, -0.15) is 26.3 Å². The van der Waals surface area contributed by atoms with Crippen molar-refractivity contribution in [3.05, 3.63) is 104 Å². The number of ether oxygens (including phenoxy) is 2. The van der Waals surface area contributed by atoms with Crippen molar-refractivity contribution >= 4 is 27.8 Å². The van der Waals surface area contributed by atoms with E-state index in [4.69, 9.17) is 9.47 Å². The highest BCUT2D eigenvalue weighted by Gasteiger charge is 2.50. The third kappa shape index (κ3) is 7.14. The number of benzene rings is 3. The maximum absolute atomic E-state index is 14.3. The molecule has 3 aromatic carbocycles. The molecule has 1 amide bonds. The van der Waals surface area contributed by atoms with Crippen molar-refractivity contribution in [3.63, 3.8) is 0 Å². The summed E-state index contributed by atoms with van der Waals surface area (Å²) in [5, 5.41) is 9.27. The number of hydrogen-bond acceptors (Lipinski definition) is 5. The van der Waals surface area contributed by atoms with E-state index < -0.39 is 65.7 Å². The molecule has 0 bridgehead atoms. The number of carbonyl (C=O) groups excluding carboxylic acids is 1. The number of rotatable bonds is 8. The third-order valence-electron chi connectivity index (χ3n) is 10.1. The normalized spacial score (nSPS) is 22.2. The first-order valence-electron chi connectivity index (χ1n) is 15.8. The van der Waals surface area contributed by atoms with Gasteiger partial charge in [0.05, 0.1) is 28.2 Å². The van der Waals surface area contributed by atoms with Crippen molar-refractivity contribution in [1.29, 1.82) is 0 Å². The molecule has 1 N–H and O–H groups in total. The van der Waals surface area contributed by atoms with E-state index in [0.717, 1.165) is 16.0 Å². The summed E-state index contributed by atoms with van der Waals surface area (Å²) in [4.78, 5) is 28.1. The maximum Gasteiger partial charge on any atom is 0.416 e. The predicted octanol–water partition coefficient (Wildman–Crippen LogP) is 7.40. The van der Waals surface area contributed by atoms with Crippen molar-refractivity contribution in [1.82, 2.24) is 9.80 Å². The van der Waals surface area contributed by atoms with Crippen LogP contribution >= 0.6 is 15.9 Å². The summed E-state index contributed by atoms with van der Waals surface area (Å²) in [6.45, 7) is 0.600. The summed E-state index contributed by atoms with van der Waals surface area (Å²) in [5.74, 6) is -2.68. The number of carboxylic acids is 1. The number of aliphatic carboxylic acids is 1. The average Bonchev–Trinajstić information content (AvgIpc) is 3.64. The smallest absolute Gasteiger partial charge is 0.416 e. The van der Waals surface area contributed by atoms with Crippen LogP contribution in [-0.4, -0.2) is 72.4 Å². The first-order valence-corrected chi connectivity index (χ1v) is 16.6. The molecule has 268 valence electrons. The first kappa shape index (κ1) is 36.3. The Hall–Kier alpha value is -3.53. The van der Waals surface area contributed by atoms with E-state index in [1.54, 1.807) is 0 Å². The molecular formula is C35H32BrF7N2O5. The molecule has 6 rings (SSSR count). The second-order valence-electron chi connectivity index (χ2n) is 13.0. The number of nitrogens with zero attached hydrogens (tertiary/aromatic N) is 2. The number of alkyl halides is 6. The van der Waals surface area contributed by atoms with Crippen LogP contribution in [0.15, 0.2) is 65.1 Å². The van der Waals surface area contributed by atoms with Gasteiger partial charge in [-0.1, -0.05) is 30.3 Å². The molecule has 3 aliphatic rings. The van der Waals surface area contributed by atoms with Gasteiger partial charge in [0.15, 0.2) is 0 Å². The van der Waals surface area contributed by atoms with E-state index in [0.29, 0.717) is 56.6 Å². The third-order valence-corrected chi connectivity index (χ3v) is 10.7. The molecule has 15 heteroatoms. The molecule has 1 spiro atoms. The molecule has 2 fully saturated rings. The molecule has 0 saturated carbocycles. The summed E-state index contributed by atoms with van der Waals surface area (Å²) >= 11 is 3.17. The van der Waals surface area contributed by atoms with E-state index in [9.17, 15) is 45.4 Å². The highest BCUT2D eigenvalue weighted by molar-refractivity contribution is 9.10. The van der Waals surface area contributed by atoms with Gasteiger partial charge in [-0.15, -0.1) is 0 Å². The van der Waals surface area contributed by atoms with Gasteiger partial charge >= 0.3 is 18.3 Å². The topological polar surface area (TPSA) is 79.3 Å². The van der Waals surface area contributed by atoms with Crippen LogP contribution in [0.1, 0.15) is 57.4 Å². The van der Waals surface area contributed by atoms with Gasteiger partial charge in [-0.3, -0.25) is 4.79 Å². The van der Waals surface area contributed by atoms with Crippen LogP contribution in [0, 0.1) is 5.82 Å². The lowest BCUT2D eigenvalue weighted by Crippen LogP contribution is -2.49. The molecule has 2 aliphatic heterocycles. The number of amides is 1. The average molecular weight is 774 g/mol. The van der Waals surface area contributed by atoms with Crippen molar-refractivity contribution in [2.75, 3.05) is 39.5 Å². The van der Waals surface area contributed by atoms with Crippen molar-refractivity contribution < 1.29 is 54.9 Å². The Bertz CT molecular complexity index is 1740. The Morgan fingerprint density at radius 3 is 2.24 bits per heavy atom. The molecule has 3 aromatic rings. The fraction of sp³-hybridized carbons (Fsp3) is 0.429. The standard InChI is InChI=1S/C35H32BrF7N2O5/c36-27-17-23(5-6-28(27)37)33(19-45(20-50-33)31(48)22-13-24(34(38,39)40)16-25(14-22)35(41,42)43)9-12-44-10-7-32(8-11-44)26-4-2-1-3-21(26)15-29(32)49-18-30(46)47/h1-6,13-14,16-17,29H,7-12,15,18-20H2,(H,46,47)/t29-,33+/m0/s1. The minimum Gasteiger partial charge on any atom is -0.480 e. The number of likely N-dealkylation sites (tertiary alicyclic amines) is 1. The molecule has 7 nitrogen and oxygen atoms in total.